The van der Waals surface area contributed by atoms with Crippen molar-refractivity contribution in [1.29, 1.82) is 0 Å². The van der Waals surface area contributed by atoms with Crippen molar-refractivity contribution >= 4 is 5.97 Å². The van der Waals surface area contributed by atoms with Crippen LogP contribution in [0, 0.1) is 24.6 Å². The second-order valence-electron chi connectivity index (χ2n) is 10.4. The topological polar surface area (TPSA) is 48.0 Å². The standard InChI is InChI=1S/C28H26F7NO4/c1-14-5-20(29)3-4-22(14)25-23-11-36(21-9-24(37)38-13-21)10-17(23)12-39-26(25)40-15(2)16-6-18(27(30,31)32)8-19(7-16)28(33,34)35/h3-9,15,17,23,25-26H,10-13H2,1-2H3/t15-,17+,23-,25+,26-/m1/s1. The summed E-state index contributed by atoms with van der Waals surface area (Å²) in [5.41, 5.74) is -1.16. The Labute approximate surface area is 225 Å². The summed E-state index contributed by atoms with van der Waals surface area (Å²) in [7, 11) is 0. The molecule has 0 unspecified atom stereocenters. The molecule has 2 aromatic rings. The smallest absolute Gasteiger partial charge is 0.416 e. The Hall–Kier alpha value is -3.12. The lowest BCUT2D eigenvalue weighted by atomic mass is 9.76. The molecule has 0 spiro atoms. The van der Waals surface area contributed by atoms with E-state index in [0.717, 1.165) is 0 Å². The Bertz CT molecular complexity index is 1290. The molecule has 0 bridgehead atoms. The van der Waals surface area contributed by atoms with Crippen LogP contribution in [0.1, 0.15) is 46.8 Å². The van der Waals surface area contributed by atoms with Gasteiger partial charge >= 0.3 is 18.3 Å². The van der Waals surface area contributed by atoms with Crippen molar-refractivity contribution in [3.05, 3.63) is 81.8 Å². The number of cyclic esters (lactones) is 1. The minimum absolute atomic E-state index is 0.0217. The second kappa shape index (κ2) is 10.4. The molecule has 5 nitrogen and oxygen atoms in total. The van der Waals surface area contributed by atoms with Crippen molar-refractivity contribution in [3.63, 3.8) is 0 Å². The van der Waals surface area contributed by atoms with Gasteiger partial charge in [-0.05, 0) is 66.8 Å². The van der Waals surface area contributed by atoms with Gasteiger partial charge in [0.15, 0.2) is 6.29 Å². The molecule has 3 aliphatic rings. The lowest BCUT2D eigenvalue weighted by Crippen LogP contribution is -2.42. The number of carbonyl (C=O) groups excluding carboxylic acids is 1. The molecule has 2 fully saturated rings. The Morgan fingerprint density at radius 2 is 1.68 bits per heavy atom. The number of hydrogen-bond acceptors (Lipinski definition) is 5. The van der Waals surface area contributed by atoms with Gasteiger partial charge in [-0.1, -0.05) is 6.07 Å². The van der Waals surface area contributed by atoms with Crippen LogP contribution in [0.25, 0.3) is 0 Å². The van der Waals surface area contributed by atoms with Gasteiger partial charge in [0.25, 0.3) is 0 Å². The number of esters is 1. The quantitative estimate of drug-likeness (QED) is 0.307. The zero-order valence-electron chi connectivity index (χ0n) is 21.5. The zero-order valence-corrected chi connectivity index (χ0v) is 21.5. The van der Waals surface area contributed by atoms with Gasteiger partial charge in [-0.15, -0.1) is 0 Å². The monoisotopic (exact) mass is 573 g/mol. The summed E-state index contributed by atoms with van der Waals surface area (Å²) in [4.78, 5) is 13.6. The highest BCUT2D eigenvalue weighted by molar-refractivity contribution is 5.85. The average molecular weight is 574 g/mol. The molecule has 0 saturated carbocycles. The van der Waals surface area contributed by atoms with E-state index < -0.39 is 53.6 Å². The Morgan fingerprint density at radius 1 is 1.00 bits per heavy atom. The van der Waals surface area contributed by atoms with E-state index in [0.29, 0.717) is 42.0 Å². The molecule has 5 rings (SSSR count). The molecule has 0 aliphatic carbocycles. The number of halogens is 7. The maximum absolute atomic E-state index is 14.0. The zero-order chi connectivity index (χ0) is 29.0. The van der Waals surface area contributed by atoms with Crippen molar-refractivity contribution < 1.29 is 49.7 Å². The third-order valence-corrected chi connectivity index (χ3v) is 7.78. The molecule has 5 atom stereocenters. The van der Waals surface area contributed by atoms with Crippen LogP contribution in [0.5, 0.6) is 0 Å². The number of alkyl halides is 6. The third kappa shape index (κ3) is 5.69. The van der Waals surface area contributed by atoms with E-state index in [1.807, 2.05) is 4.90 Å². The van der Waals surface area contributed by atoms with Crippen LogP contribution in [-0.2, 0) is 31.4 Å². The number of aryl methyl sites for hydroxylation is 1. The highest BCUT2D eigenvalue weighted by atomic mass is 19.4. The lowest BCUT2D eigenvalue weighted by molar-refractivity contribution is -0.217. The van der Waals surface area contributed by atoms with Crippen LogP contribution in [0.15, 0.2) is 48.2 Å². The van der Waals surface area contributed by atoms with Gasteiger partial charge in [-0.3, -0.25) is 0 Å². The van der Waals surface area contributed by atoms with Gasteiger partial charge in [-0.2, -0.15) is 26.3 Å². The van der Waals surface area contributed by atoms with Gasteiger partial charge in [0.1, 0.15) is 12.4 Å². The predicted octanol–water partition coefficient (Wildman–Crippen LogP) is 6.38. The molecular weight excluding hydrogens is 547 g/mol. The number of nitrogens with zero attached hydrogens (tertiary/aromatic N) is 1. The average Bonchev–Trinajstić information content (AvgIpc) is 3.49. The number of likely N-dealkylation sites (tertiary alicyclic amines) is 1. The summed E-state index contributed by atoms with van der Waals surface area (Å²) in [5, 5.41) is 0. The molecule has 40 heavy (non-hydrogen) atoms. The molecule has 12 heteroatoms. The van der Waals surface area contributed by atoms with Crippen molar-refractivity contribution in [2.24, 2.45) is 11.8 Å². The first-order valence-electron chi connectivity index (χ1n) is 12.7. The fourth-order valence-electron chi connectivity index (χ4n) is 5.79. The van der Waals surface area contributed by atoms with Crippen LogP contribution >= 0.6 is 0 Å². The fourth-order valence-corrected chi connectivity index (χ4v) is 5.79. The fraction of sp³-hybridized carbons (Fsp3) is 0.464. The summed E-state index contributed by atoms with van der Waals surface area (Å²) in [6.07, 6.45) is -10.8. The van der Waals surface area contributed by atoms with Crippen LogP contribution < -0.4 is 0 Å². The number of benzene rings is 2. The second-order valence-corrected chi connectivity index (χ2v) is 10.4. The minimum atomic E-state index is -4.99. The van der Waals surface area contributed by atoms with Crippen LogP contribution in [0.4, 0.5) is 30.7 Å². The first kappa shape index (κ1) is 28.4. The summed E-state index contributed by atoms with van der Waals surface area (Å²) >= 11 is 0. The van der Waals surface area contributed by atoms with Crippen molar-refractivity contribution in [2.45, 2.75) is 44.5 Å². The minimum Gasteiger partial charge on any atom is -0.456 e. The molecule has 2 aromatic carbocycles. The first-order valence-corrected chi connectivity index (χ1v) is 12.7. The van der Waals surface area contributed by atoms with Crippen molar-refractivity contribution in [2.75, 3.05) is 26.3 Å². The van der Waals surface area contributed by atoms with Gasteiger partial charge in [0.2, 0.25) is 0 Å². The normalized spacial score (nSPS) is 26.0. The van der Waals surface area contributed by atoms with E-state index in [9.17, 15) is 35.5 Å². The number of rotatable bonds is 5. The molecule has 0 radical (unpaired) electrons. The van der Waals surface area contributed by atoms with Crippen molar-refractivity contribution in [1.82, 2.24) is 4.90 Å². The number of fused-ring (bicyclic) bond motifs is 1. The molecular formula is C28H26F7NO4. The van der Waals surface area contributed by atoms with E-state index in [-0.39, 0.29) is 36.7 Å². The highest BCUT2D eigenvalue weighted by Crippen LogP contribution is 2.47. The van der Waals surface area contributed by atoms with Crippen LogP contribution in [0.2, 0.25) is 0 Å². The van der Waals surface area contributed by atoms with E-state index in [4.69, 9.17) is 14.2 Å². The van der Waals surface area contributed by atoms with E-state index >= 15 is 0 Å². The molecule has 0 amide bonds. The van der Waals surface area contributed by atoms with Gasteiger partial charge in [0.05, 0.1) is 29.5 Å². The predicted molar refractivity (Wildman–Crippen MR) is 127 cm³/mol. The maximum atomic E-state index is 14.0. The largest absolute Gasteiger partial charge is 0.456 e. The van der Waals surface area contributed by atoms with E-state index in [1.165, 1.54) is 25.1 Å². The number of hydrogen-bond donors (Lipinski definition) is 0. The Kier molecular flexibility index (Phi) is 7.37. The maximum Gasteiger partial charge on any atom is 0.416 e. The summed E-state index contributed by atoms with van der Waals surface area (Å²) in [5.74, 6) is -1.56. The first-order chi connectivity index (χ1) is 18.7. The molecule has 3 heterocycles. The van der Waals surface area contributed by atoms with Gasteiger partial charge in [-0.25, -0.2) is 9.18 Å². The Balaban J connectivity index is 1.47. The Morgan fingerprint density at radius 3 is 2.25 bits per heavy atom. The van der Waals surface area contributed by atoms with Crippen LogP contribution in [0.3, 0.4) is 0 Å². The summed E-state index contributed by atoms with van der Waals surface area (Å²) in [6.45, 7) is 4.46. The van der Waals surface area contributed by atoms with Gasteiger partial charge < -0.3 is 19.1 Å². The van der Waals surface area contributed by atoms with E-state index in [2.05, 4.69) is 0 Å². The van der Waals surface area contributed by atoms with Gasteiger partial charge in [0, 0.05) is 31.0 Å². The number of carbonyl (C=O) groups is 1. The highest BCUT2D eigenvalue weighted by Gasteiger charge is 2.48. The number of ether oxygens (including phenoxy) is 3. The summed E-state index contributed by atoms with van der Waals surface area (Å²) in [6, 6.07) is 5.59. The molecule has 3 aliphatic heterocycles. The molecule has 0 N–H and O–H groups in total. The lowest BCUT2D eigenvalue weighted by Gasteiger charge is -2.41. The molecule has 216 valence electrons. The SMILES string of the molecule is Cc1cc(F)ccc1[C@@H]1[C@@H](O[C@H](C)c2cc(C(F)(F)F)cc(C(F)(F)F)c2)OC[C@@H]2CN(C3=CC(=O)OC3)C[C@H]21. The third-order valence-electron chi connectivity index (χ3n) is 7.78. The summed E-state index contributed by atoms with van der Waals surface area (Å²) < 4.78 is 112. The van der Waals surface area contributed by atoms with Crippen molar-refractivity contribution in [3.8, 4) is 0 Å². The molecule has 2 saturated heterocycles. The molecule has 0 aromatic heterocycles. The van der Waals surface area contributed by atoms with Crippen LogP contribution in [-0.4, -0.2) is 43.5 Å². The van der Waals surface area contributed by atoms with E-state index in [1.54, 1.807) is 13.0 Å².